The fourth-order valence-electron chi connectivity index (χ4n) is 5.13. The normalized spacial score (nSPS) is 11.1. The summed E-state index contributed by atoms with van der Waals surface area (Å²) in [7, 11) is 0. The largest absolute Gasteiger partial charge is 0.368 e. The molecule has 210 valence electrons. The zero-order valence-corrected chi connectivity index (χ0v) is 24.4. The number of aryl methyl sites for hydroxylation is 3. The van der Waals surface area contributed by atoms with E-state index in [0.29, 0.717) is 0 Å². The molecule has 0 saturated heterocycles. The monoisotopic (exact) mass is 535 g/mol. The fraction of sp³-hybridized carbons (Fsp3) is 0.429. The van der Waals surface area contributed by atoms with E-state index < -0.39 is 0 Å². The summed E-state index contributed by atoms with van der Waals surface area (Å²) in [4.78, 5) is 0. The van der Waals surface area contributed by atoms with Gasteiger partial charge in [0.2, 0.25) is 0 Å². The van der Waals surface area contributed by atoms with E-state index in [9.17, 15) is 0 Å². The van der Waals surface area contributed by atoms with Crippen molar-refractivity contribution in [2.75, 3.05) is 11.9 Å². The molecule has 1 N–H and O–H groups in total. The molecule has 40 heavy (non-hydrogen) atoms. The summed E-state index contributed by atoms with van der Waals surface area (Å²) < 4.78 is 0. The number of rotatable bonds is 17. The molecule has 0 unspecified atom stereocenters. The Morgan fingerprint density at radius 3 is 1.50 bits per heavy atom. The summed E-state index contributed by atoms with van der Waals surface area (Å²) >= 11 is 0. The summed E-state index contributed by atoms with van der Waals surface area (Å²) in [6.07, 6.45) is 15.4. The molecule has 4 aromatic rings. The predicted octanol–water partition coefficient (Wildman–Crippen LogP) is 9.16. The molecule has 0 amide bonds. The highest BCUT2D eigenvalue weighted by Crippen LogP contribution is 2.21. The molecular weight excluding hydrogens is 490 g/mol. The highest BCUT2D eigenvalue weighted by molar-refractivity contribution is 5.61. The fourth-order valence-corrected chi connectivity index (χ4v) is 5.13. The van der Waals surface area contributed by atoms with Crippen molar-refractivity contribution in [2.24, 2.45) is 0 Å². The summed E-state index contributed by atoms with van der Waals surface area (Å²) in [6, 6.07) is 24.8. The van der Waals surface area contributed by atoms with Crippen LogP contribution in [0.1, 0.15) is 87.4 Å². The Morgan fingerprint density at radius 2 is 0.975 bits per heavy atom. The first kappa shape index (κ1) is 29.4. The second kappa shape index (κ2) is 16.5. The predicted molar refractivity (Wildman–Crippen MR) is 167 cm³/mol. The lowest BCUT2D eigenvalue weighted by atomic mass is 10.0. The van der Waals surface area contributed by atoms with E-state index in [1.54, 1.807) is 0 Å². The van der Waals surface area contributed by atoms with Gasteiger partial charge in [0.25, 0.3) is 0 Å². The van der Waals surface area contributed by atoms with Crippen LogP contribution in [-0.2, 0) is 6.42 Å². The quantitative estimate of drug-likeness (QED) is 0.137. The number of hydrogen-bond donors (Lipinski definition) is 1. The van der Waals surface area contributed by atoms with Crippen molar-refractivity contribution in [2.45, 2.75) is 90.9 Å². The van der Waals surface area contributed by atoms with Crippen LogP contribution < -0.4 is 5.32 Å². The van der Waals surface area contributed by atoms with Gasteiger partial charge in [0.05, 0.1) is 17.1 Å². The van der Waals surface area contributed by atoms with Crippen molar-refractivity contribution in [1.82, 2.24) is 20.4 Å². The second-order valence-electron chi connectivity index (χ2n) is 10.9. The van der Waals surface area contributed by atoms with Gasteiger partial charge < -0.3 is 5.32 Å². The van der Waals surface area contributed by atoms with Crippen molar-refractivity contribution in [3.8, 4) is 22.5 Å². The third-order valence-corrected chi connectivity index (χ3v) is 7.59. The maximum absolute atomic E-state index is 4.52. The van der Waals surface area contributed by atoms with Gasteiger partial charge in [-0.3, -0.25) is 0 Å². The standard InChI is InChI=1S/C35H45N5/c1-28-26-33(30-20-14-12-15-21-30)38-37-32(28)24-18-10-8-6-4-3-5-7-9-11-19-25-36-35-29(2)27-34(39-40-35)31-22-16-13-17-23-31/h12-17,20-23,26-27H,3-11,18-19,24-25H2,1-2H3,(H,36,40). The van der Waals surface area contributed by atoms with Crippen LogP contribution in [0.4, 0.5) is 5.82 Å². The smallest absolute Gasteiger partial charge is 0.151 e. The molecule has 0 bridgehead atoms. The molecule has 0 aliphatic heterocycles. The van der Waals surface area contributed by atoms with Gasteiger partial charge in [0, 0.05) is 17.7 Å². The topological polar surface area (TPSA) is 63.6 Å². The van der Waals surface area contributed by atoms with Crippen molar-refractivity contribution in [1.29, 1.82) is 0 Å². The van der Waals surface area contributed by atoms with E-state index in [-0.39, 0.29) is 0 Å². The highest BCUT2D eigenvalue weighted by Gasteiger charge is 2.06. The van der Waals surface area contributed by atoms with E-state index in [4.69, 9.17) is 0 Å². The minimum absolute atomic E-state index is 0.906. The van der Waals surface area contributed by atoms with Gasteiger partial charge in [0.1, 0.15) is 0 Å². The number of anilines is 1. The van der Waals surface area contributed by atoms with Crippen LogP contribution in [0.15, 0.2) is 72.8 Å². The summed E-state index contributed by atoms with van der Waals surface area (Å²) in [5.74, 6) is 0.906. The van der Waals surface area contributed by atoms with Crippen LogP contribution in [0.2, 0.25) is 0 Å². The molecule has 2 aromatic carbocycles. The van der Waals surface area contributed by atoms with Crippen LogP contribution in [0.25, 0.3) is 22.5 Å². The van der Waals surface area contributed by atoms with Crippen molar-refractivity contribution < 1.29 is 0 Å². The lowest BCUT2D eigenvalue weighted by molar-refractivity contribution is 0.546. The van der Waals surface area contributed by atoms with Crippen LogP contribution in [0.3, 0.4) is 0 Å². The van der Waals surface area contributed by atoms with E-state index >= 15 is 0 Å². The zero-order valence-electron chi connectivity index (χ0n) is 24.4. The molecule has 0 fully saturated rings. The molecule has 2 heterocycles. The molecule has 2 aromatic heterocycles. The number of benzene rings is 2. The SMILES string of the molecule is Cc1cc(-c2ccccc2)nnc1CCCCCCCCCCCCCNc1nnc(-c2ccccc2)cc1C. The van der Waals surface area contributed by atoms with E-state index in [0.717, 1.165) is 52.6 Å². The number of nitrogens with zero attached hydrogens (tertiary/aromatic N) is 4. The van der Waals surface area contributed by atoms with Crippen LogP contribution in [-0.4, -0.2) is 26.9 Å². The lowest BCUT2D eigenvalue weighted by Crippen LogP contribution is -2.06. The van der Waals surface area contributed by atoms with Gasteiger partial charge in [0.15, 0.2) is 5.82 Å². The number of nitrogens with one attached hydrogen (secondary N) is 1. The van der Waals surface area contributed by atoms with Crippen molar-refractivity contribution in [3.63, 3.8) is 0 Å². The Kier molecular flexibility index (Phi) is 12.1. The van der Waals surface area contributed by atoms with Crippen LogP contribution in [0, 0.1) is 13.8 Å². The number of hydrogen-bond acceptors (Lipinski definition) is 5. The first-order valence-electron chi connectivity index (χ1n) is 15.2. The average molecular weight is 536 g/mol. The van der Waals surface area contributed by atoms with Crippen LogP contribution >= 0.6 is 0 Å². The second-order valence-corrected chi connectivity index (χ2v) is 10.9. The van der Waals surface area contributed by atoms with E-state index in [2.05, 4.69) is 76.0 Å². The maximum Gasteiger partial charge on any atom is 0.151 e. The molecule has 0 aliphatic rings. The third-order valence-electron chi connectivity index (χ3n) is 7.59. The first-order chi connectivity index (χ1) is 19.7. The van der Waals surface area contributed by atoms with Gasteiger partial charge in [-0.05, 0) is 56.4 Å². The minimum Gasteiger partial charge on any atom is -0.368 e. The van der Waals surface area contributed by atoms with Gasteiger partial charge in [-0.1, -0.05) is 118 Å². The van der Waals surface area contributed by atoms with Gasteiger partial charge in [-0.15, -0.1) is 10.2 Å². The Balaban J connectivity index is 0.971. The van der Waals surface area contributed by atoms with Gasteiger partial charge in [-0.2, -0.15) is 10.2 Å². The van der Waals surface area contributed by atoms with Gasteiger partial charge in [-0.25, -0.2) is 0 Å². The van der Waals surface area contributed by atoms with E-state index in [1.165, 1.54) is 76.2 Å². The lowest BCUT2D eigenvalue weighted by Gasteiger charge is -2.09. The Hall–Kier alpha value is -3.60. The molecule has 4 rings (SSSR count). The summed E-state index contributed by atoms with van der Waals surface area (Å²) in [5.41, 5.74) is 7.69. The Bertz CT molecular complexity index is 1170. The molecular formula is C35H45N5. The number of unbranched alkanes of at least 4 members (excludes halogenated alkanes) is 10. The van der Waals surface area contributed by atoms with E-state index in [1.807, 2.05) is 36.4 Å². The molecule has 0 atom stereocenters. The molecule has 5 heteroatoms. The average Bonchev–Trinajstić information content (AvgIpc) is 2.99. The van der Waals surface area contributed by atoms with Crippen molar-refractivity contribution >= 4 is 5.82 Å². The summed E-state index contributed by atoms with van der Waals surface area (Å²) in [5, 5.41) is 21.3. The highest BCUT2D eigenvalue weighted by atomic mass is 15.2. The Labute approximate surface area is 240 Å². The third kappa shape index (κ3) is 9.55. The zero-order chi connectivity index (χ0) is 27.8. The Morgan fingerprint density at radius 1 is 0.500 bits per heavy atom. The van der Waals surface area contributed by atoms with Crippen LogP contribution in [0.5, 0.6) is 0 Å². The molecule has 0 aliphatic carbocycles. The number of aromatic nitrogens is 4. The molecule has 0 radical (unpaired) electrons. The molecule has 0 saturated carbocycles. The minimum atomic E-state index is 0.906. The van der Waals surface area contributed by atoms with Gasteiger partial charge >= 0.3 is 0 Å². The molecule has 0 spiro atoms. The summed E-state index contributed by atoms with van der Waals surface area (Å²) in [6.45, 7) is 5.22. The maximum atomic E-state index is 4.52. The van der Waals surface area contributed by atoms with Crippen molar-refractivity contribution in [3.05, 3.63) is 89.6 Å². The molecule has 5 nitrogen and oxygen atoms in total. The first-order valence-corrected chi connectivity index (χ1v) is 15.2.